The summed E-state index contributed by atoms with van der Waals surface area (Å²) in [6, 6.07) is 5.71. The zero-order valence-corrected chi connectivity index (χ0v) is 11.8. The van der Waals surface area contributed by atoms with Crippen LogP contribution >= 0.6 is 39.3 Å². The SMILES string of the molecule is CCSCCOc1ccc(Cl)cc1CBr. The number of hydrogen-bond donors (Lipinski definition) is 0. The third-order valence-electron chi connectivity index (χ3n) is 1.86. The third kappa shape index (κ3) is 4.66. The smallest absolute Gasteiger partial charge is 0.123 e. The Morgan fingerprint density at radius 2 is 2.27 bits per heavy atom. The van der Waals surface area contributed by atoms with Gasteiger partial charge in [-0.3, -0.25) is 0 Å². The van der Waals surface area contributed by atoms with Crippen LogP contribution in [0.1, 0.15) is 12.5 Å². The minimum absolute atomic E-state index is 0.750. The second-order valence-electron chi connectivity index (χ2n) is 2.93. The molecule has 0 saturated carbocycles. The van der Waals surface area contributed by atoms with E-state index < -0.39 is 0 Å². The molecule has 84 valence electrons. The topological polar surface area (TPSA) is 9.23 Å². The van der Waals surface area contributed by atoms with Crippen LogP contribution in [0, 0.1) is 0 Å². The monoisotopic (exact) mass is 308 g/mol. The molecule has 0 aliphatic heterocycles. The maximum Gasteiger partial charge on any atom is 0.123 e. The molecule has 1 aromatic rings. The first-order chi connectivity index (χ1) is 7.27. The Kier molecular flexibility index (Phi) is 6.53. The predicted octanol–water partition coefficient (Wildman–Crippen LogP) is 4.37. The number of ether oxygens (including phenoxy) is 1. The van der Waals surface area contributed by atoms with Crippen LogP contribution in [-0.2, 0) is 5.33 Å². The lowest BCUT2D eigenvalue weighted by Gasteiger charge is -2.09. The van der Waals surface area contributed by atoms with Crippen LogP contribution in [0.5, 0.6) is 5.75 Å². The zero-order valence-electron chi connectivity index (χ0n) is 8.63. The first-order valence-electron chi connectivity index (χ1n) is 4.83. The Bertz CT molecular complexity index is 307. The van der Waals surface area contributed by atoms with E-state index in [1.54, 1.807) is 0 Å². The van der Waals surface area contributed by atoms with Crippen LogP contribution in [-0.4, -0.2) is 18.1 Å². The van der Waals surface area contributed by atoms with Crippen LogP contribution in [0.25, 0.3) is 0 Å². The van der Waals surface area contributed by atoms with Crippen molar-refractivity contribution in [2.24, 2.45) is 0 Å². The summed E-state index contributed by atoms with van der Waals surface area (Å²) >= 11 is 11.2. The molecule has 1 aromatic carbocycles. The van der Waals surface area contributed by atoms with Crippen LogP contribution in [0.4, 0.5) is 0 Å². The van der Waals surface area contributed by atoms with E-state index in [1.165, 1.54) is 0 Å². The van der Waals surface area contributed by atoms with Gasteiger partial charge in [0.1, 0.15) is 5.75 Å². The van der Waals surface area contributed by atoms with Crippen molar-refractivity contribution < 1.29 is 4.74 Å². The molecular formula is C11H14BrClOS. The Labute approximate surface area is 109 Å². The Balaban J connectivity index is 2.52. The van der Waals surface area contributed by atoms with Gasteiger partial charge < -0.3 is 4.74 Å². The highest BCUT2D eigenvalue weighted by Crippen LogP contribution is 2.25. The van der Waals surface area contributed by atoms with Crippen LogP contribution in [0.2, 0.25) is 5.02 Å². The molecule has 0 aliphatic rings. The molecule has 0 bridgehead atoms. The minimum atomic E-state index is 0.750. The summed E-state index contributed by atoms with van der Waals surface area (Å²) in [6.07, 6.45) is 0. The van der Waals surface area contributed by atoms with Crippen LogP contribution in [0.3, 0.4) is 0 Å². The molecule has 0 atom stereocenters. The lowest BCUT2D eigenvalue weighted by Crippen LogP contribution is -2.02. The summed E-state index contributed by atoms with van der Waals surface area (Å²) in [7, 11) is 0. The first-order valence-corrected chi connectivity index (χ1v) is 7.48. The molecule has 0 aromatic heterocycles. The molecule has 0 heterocycles. The molecule has 15 heavy (non-hydrogen) atoms. The highest BCUT2D eigenvalue weighted by Gasteiger charge is 2.03. The fraction of sp³-hybridized carbons (Fsp3) is 0.455. The van der Waals surface area contributed by atoms with Gasteiger partial charge in [0.05, 0.1) is 6.61 Å². The van der Waals surface area contributed by atoms with Crippen molar-refractivity contribution in [3.05, 3.63) is 28.8 Å². The van der Waals surface area contributed by atoms with Crippen molar-refractivity contribution in [1.82, 2.24) is 0 Å². The van der Waals surface area contributed by atoms with E-state index in [-0.39, 0.29) is 0 Å². The second kappa shape index (κ2) is 7.42. The van der Waals surface area contributed by atoms with Gasteiger partial charge in [0.25, 0.3) is 0 Å². The minimum Gasteiger partial charge on any atom is -0.492 e. The molecule has 4 heteroatoms. The van der Waals surface area contributed by atoms with Gasteiger partial charge >= 0.3 is 0 Å². The van der Waals surface area contributed by atoms with E-state index >= 15 is 0 Å². The maximum atomic E-state index is 5.90. The predicted molar refractivity (Wildman–Crippen MR) is 72.6 cm³/mol. The van der Waals surface area contributed by atoms with Crippen molar-refractivity contribution in [3.63, 3.8) is 0 Å². The van der Waals surface area contributed by atoms with Gasteiger partial charge in [0, 0.05) is 21.7 Å². The Morgan fingerprint density at radius 3 is 2.93 bits per heavy atom. The van der Waals surface area contributed by atoms with E-state index in [4.69, 9.17) is 16.3 Å². The average Bonchev–Trinajstić information content (AvgIpc) is 2.26. The fourth-order valence-corrected chi connectivity index (χ4v) is 2.27. The molecular weight excluding hydrogens is 296 g/mol. The molecule has 0 spiro atoms. The second-order valence-corrected chi connectivity index (χ2v) is 5.32. The third-order valence-corrected chi connectivity index (χ3v) is 3.56. The number of alkyl halides is 1. The lowest BCUT2D eigenvalue weighted by atomic mass is 10.2. The quantitative estimate of drug-likeness (QED) is 0.570. The number of halogens is 2. The van der Waals surface area contributed by atoms with Crippen molar-refractivity contribution in [2.45, 2.75) is 12.3 Å². The van der Waals surface area contributed by atoms with Crippen LogP contribution < -0.4 is 4.74 Å². The number of thioether (sulfide) groups is 1. The summed E-state index contributed by atoms with van der Waals surface area (Å²) in [5, 5.41) is 1.52. The zero-order chi connectivity index (χ0) is 11.1. The number of rotatable bonds is 6. The molecule has 1 nitrogen and oxygen atoms in total. The van der Waals surface area contributed by atoms with Gasteiger partial charge in [-0.05, 0) is 24.0 Å². The fourth-order valence-electron chi connectivity index (χ4n) is 1.15. The highest BCUT2D eigenvalue weighted by atomic mass is 79.9. The van der Waals surface area contributed by atoms with Gasteiger partial charge in [-0.2, -0.15) is 11.8 Å². The number of hydrogen-bond acceptors (Lipinski definition) is 2. The van der Waals surface area contributed by atoms with E-state index in [2.05, 4.69) is 22.9 Å². The summed E-state index contributed by atoms with van der Waals surface area (Å²) in [5.41, 5.74) is 1.10. The van der Waals surface area contributed by atoms with E-state index in [1.807, 2.05) is 30.0 Å². The molecule has 0 fully saturated rings. The van der Waals surface area contributed by atoms with E-state index in [0.29, 0.717) is 0 Å². The average molecular weight is 310 g/mol. The van der Waals surface area contributed by atoms with E-state index in [0.717, 1.165) is 39.8 Å². The lowest BCUT2D eigenvalue weighted by molar-refractivity contribution is 0.341. The summed E-state index contributed by atoms with van der Waals surface area (Å²) in [5.74, 6) is 3.09. The summed E-state index contributed by atoms with van der Waals surface area (Å²) in [6.45, 7) is 2.90. The molecule has 0 N–H and O–H groups in total. The van der Waals surface area contributed by atoms with Crippen molar-refractivity contribution in [1.29, 1.82) is 0 Å². The van der Waals surface area contributed by atoms with Gasteiger partial charge in [0.2, 0.25) is 0 Å². The van der Waals surface area contributed by atoms with Crippen LogP contribution in [0.15, 0.2) is 18.2 Å². The molecule has 0 unspecified atom stereocenters. The van der Waals surface area contributed by atoms with Gasteiger partial charge in [-0.15, -0.1) is 0 Å². The van der Waals surface area contributed by atoms with Gasteiger partial charge in [0.15, 0.2) is 0 Å². The molecule has 0 amide bonds. The standard InChI is InChI=1S/C11H14BrClOS/c1-2-15-6-5-14-11-4-3-10(13)7-9(11)8-12/h3-4,7H,2,5-6,8H2,1H3. The van der Waals surface area contributed by atoms with Gasteiger partial charge in [-0.1, -0.05) is 34.5 Å². The normalized spacial score (nSPS) is 10.3. The highest BCUT2D eigenvalue weighted by molar-refractivity contribution is 9.08. The maximum absolute atomic E-state index is 5.90. The van der Waals surface area contributed by atoms with Crippen molar-refractivity contribution in [2.75, 3.05) is 18.1 Å². The summed E-state index contributed by atoms with van der Waals surface area (Å²) < 4.78 is 5.68. The largest absolute Gasteiger partial charge is 0.492 e. The summed E-state index contributed by atoms with van der Waals surface area (Å²) in [4.78, 5) is 0. The van der Waals surface area contributed by atoms with E-state index in [9.17, 15) is 0 Å². The molecule has 1 rings (SSSR count). The van der Waals surface area contributed by atoms with Gasteiger partial charge in [-0.25, -0.2) is 0 Å². The molecule has 0 saturated heterocycles. The molecule has 0 aliphatic carbocycles. The first kappa shape index (κ1) is 13.2. The Hall–Kier alpha value is 0.140. The van der Waals surface area contributed by atoms with Crippen molar-refractivity contribution in [3.8, 4) is 5.75 Å². The number of benzene rings is 1. The Morgan fingerprint density at radius 1 is 1.47 bits per heavy atom. The molecule has 0 radical (unpaired) electrons. The van der Waals surface area contributed by atoms with Crippen molar-refractivity contribution >= 4 is 39.3 Å².